The molecular formula is C14H30N2O2. The number of likely N-dealkylation sites (tertiary alicyclic amines) is 1. The van der Waals surface area contributed by atoms with Gasteiger partial charge in [-0.15, -0.1) is 0 Å². The second kappa shape index (κ2) is 7.43. The molecule has 0 radical (unpaired) electrons. The maximum Gasteiger partial charge on any atom is 0.0791 e. The third-order valence-electron chi connectivity index (χ3n) is 3.40. The SMILES string of the molecule is CC(C)CC(C)(O)CNCC(O)CN1CCCC1. The molecular weight excluding hydrogens is 228 g/mol. The lowest BCUT2D eigenvalue weighted by molar-refractivity contribution is 0.0338. The summed E-state index contributed by atoms with van der Waals surface area (Å²) in [6.45, 7) is 10.1. The highest BCUT2D eigenvalue weighted by molar-refractivity contribution is 4.78. The fraction of sp³-hybridized carbons (Fsp3) is 1.00. The van der Waals surface area contributed by atoms with E-state index in [4.69, 9.17) is 0 Å². The first-order valence-electron chi connectivity index (χ1n) is 7.22. The number of hydrogen-bond acceptors (Lipinski definition) is 4. The molecule has 2 atom stereocenters. The summed E-state index contributed by atoms with van der Waals surface area (Å²) in [7, 11) is 0. The average Bonchev–Trinajstić information content (AvgIpc) is 2.67. The minimum absolute atomic E-state index is 0.335. The van der Waals surface area contributed by atoms with Gasteiger partial charge >= 0.3 is 0 Å². The van der Waals surface area contributed by atoms with Crippen LogP contribution in [-0.2, 0) is 0 Å². The Balaban J connectivity index is 2.12. The van der Waals surface area contributed by atoms with Crippen LogP contribution >= 0.6 is 0 Å². The van der Waals surface area contributed by atoms with Crippen molar-refractivity contribution in [1.29, 1.82) is 0 Å². The van der Waals surface area contributed by atoms with Crippen molar-refractivity contribution < 1.29 is 10.2 Å². The summed E-state index contributed by atoms with van der Waals surface area (Å²) in [5.41, 5.74) is -0.679. The van der Waals surface area contributed by atoms with Crippen LogP contribution in [0.4, 0.5) is 0 Å². The molecule has 0 saturated carbocycles. The number of aliphatic hydroxyl groups is 2. The maximum absolute atomic E-state index is 10.1. The lowest BCUT2D eigenvalue weighted by Gasteiger charge is -2.27. The minimum Gasteiger partial charge on any atom is -0.390 e. The van der Waals surface area contributed by atoms with Gasteiger partial charge in [-0.1, -0.05) is 13.8 Å². The van der Waals surface area contributed by atoms with Crippen LogP contribution in [-0.4, -0.2) is 59.5 Å². The Kier molecular flexibility index (Phi) is 6.57. The summed E-state index contributed by atoms with van der Waals surface area (Å²) >= 11 is 0. The molecule has 4 heteroatoms. The molecule has 1 saturated heterocycles. The third-order valence-corrected chi connectivity index (χ3v) is 3.40. The van der Waals surface area contributed by atoms with Crippen LogP contribution in [0.1, 0.15) is 40.0 Å². The number of β-amino-alcohol motifs (C(OH)–C–C–N with tert-alkyl or cyclic N) is 1. The van der Waals surface area contributed by atoms with Gasteiger partial charge in [0.1, 0.15) is 0 Å². The van der Waals surface area contributed by atoms with Gasteiger partial charge < -0.3 is 20.4 Å². The molecule has 4 nitrogen and oxygen atoms in total. The summed E-state index contributed by atoms with van der Waals surface area (Å²) in [4.78, 5) is 2.30. The summed E-state index contributed by atoms with van der Waals surface area (Å²) in [5.74, 6) is 0.483. The molecule has 18 heavy (non-hydrogen) atoms. The van der Waals surface area contributed by atoms with Crippen molar-refractivity contribution in [3.8, 4) is 0 Å². The molecule has 108 valence electrons. The van der Waals surface area contributed by atoms with Crippen molar-refractivity contribution >= 4 is 0 Å². The predicted octanol–water partition coefficient (Wildman–Crippen LogP) is 0.830. The summed E-state index contributed by atoms with van der Waals surface area (Å²) < 4.78 is 0. The second-order valence-electron chi connectivity index (χ2n) is 6.39. The highest BCUT2D eigenvalue weighted by Crippen LogP contribution is 2.15. The predicted molar refractivity (Wildman–Crippen MR) is 74.6 cm³/mol. The monoisotopic (exact) mass is 258 g/mol. The molecule has 0 aliphatic carbocycles. The van der Waals surface area contributed by atoms with E-state index >= 15 is 0 Å². The molecule has 1 aliphatic heterocycles. The van der Waals surface area contributed by atoms with E-state index in [0.29, 0.717) is 19.0 Å². The van der Waals surface area contributed by atoms with E-state index in [2.05, 4.69) is 24.1 Å². The molecule has 1 heterocycles. The Labute approximate surface area is 111 Å². The number of aliphatic hydroxyl groups excluding tert-OH is 1. The Hall–Kier alpha value is -0.160. The fourth-order valence-electron chi connectivity index (χ4n) is 2.79. The normalized spacial score (nSPS) is 22.3. The van der Waals surface area contributed by atoms with Gasteiger partial charge in [0.2, 0.25) is 0 Å². The highest BCUT2D eigenvalue weighted by atomic mass is 16.3. The first-order chi connectivity index (χ1) is 8.39. The molecule has 1 aliphatic rings. The Morgan fingerprint density at radius 3 is 2.44 bits per heavy atom. The van der Waals surface area contributed by atoms with Crippen molar-refractivity contribution in [1.82, 2.24) is 10.2 Å². The van der Waals surface area contributed by atoms with Gasteiger partial charge in [0.05, 0.1) is 11.7 Å². The van der Waals surface area contributed by atoms with E-state index in [0.717, 1.165) is 26.1 Å². The zero-order valence-corrected chi connectivity index (χ0v) is 12.2. The zero-order chi connectivity index (χ0) is 13.6. The molecule has 0 aromatic carbocycles. The van der Waals surface area contributed by atoms with Gasteiger partial charge in [-0.3, -0.25) is 0 Å². The molecule has 0 spiro atoms. The summed E-state index contributed by atoms with van der Waals surface area (Å²) in [6, 6.07) is 0. The largest absolute Gasteiger partial charge is 0.390 e. The molecule has 0 amide bonds. The fourth-order valence-corrected chi connectivity index (χ4v) is 2.79. The van der Waals surface area contributed by atoms with Gasteiger partial charge in [0, 0.05) is 19.6 Å². The van der Waals surface area contributed by atoms with E-state index < -0.39 is 5.60 Å². The average molecular weight is 258 g/mol. The lowest BCUT2D eigenvalue weighted by atomic mass is 9.94. The molecule has 3 N–H and O–H groups in total. The van der Waals surface area contributed by atoms with Crippen molar-refractivity contribution in [3.05, 3.63) is 0 Å². The van der Waals surface area contributed by atoms with Crippen molar-refractivity contribution in [3.63, 3.8) is 0 Å². The number of nitrogens with one attached hydrogen (secondary N) is 1. The van der Waals surface area contributed by atoms with E-state index in [1.807, 2.05) is 6.92 Å². The van der Waals surface area contributed by atoms with Crippen LogP contribution in [0.2, 0.25) is 0 Å². The first kappa shape index (κ1) is 15.9. The van der Waals surface area contributed by atoms with Crippen LogP contribution in [0.25, 0.3) is 0 Å². The minimum atomic E-state index is -0.679. The van der Waals surface area contributed by atoms with Gasteiger partial charge in [0.15, 0.2) is 0 Å². The van der Waals surface area contributed by atoms with E-state index in [-0.39, 0.29) is 6.10 Å². The van der Waals surface area contributed by atoms with Gasteiger partial charge in [0.25, 0.3) is 0 Å². The summed E-state index contributed by atoms with van der Waals surface area (Å²) in [5, 5.41) is 23.2. The number of nitrogens with zero attached hydrogens (tertiary/aromatic N) is 1. The van der Waals surface area contributed by atoms with Crippen LogP contribution in [0.15, 0.2) is 0 Å². The van der Waals surface area contributed by atoms with Crippen LogP contribution in [0.5, 0.6) is 0 Å². The topological polar surface area (TPSA) is 55.7 Å². The maximum atomic E-state index is 10.1. The van der Waals surface area contributed by atoms with Gasteiger partial charge in [-0.25, -0.2) is 0 Å². The Morgan fingerprint density at radius 2 is 1.89 bits per heavy atom. The van der Waals surface area contributed by atoms with E-state index in [9.17, 15) is 10.2 Å². The molecule has 1 fully saturated rings. The summed E-state index contributed by atoms with van der Waals surface area (Å²) in [6.07, 6.45) is 2.95. The third kappa shape index (κ3) is 6.69. The van der Waals surface area contributed by atoms with Crippen LogP contribution in [0, 0.1) is 5.92 Å². The van der Waals surface area contributed by atoms with Crippen molar-refractivity contribution in [2.24, 2.45) is 5.92 Å². The quantitative estimate of drug-likeness (QED) is 0.604. The van der Waals surface area contributed by atoms with Crippen molar-refractivity contribution in [2.45, 2.75) is 51.7 Å². The standard InChI is InChI=1S/C14H30N2O2/c1-12(2)8-14(3,18)11-15-9-13(17)10-16-6-4-5-7-16/h12-13,15,17-18H,4-11H2,1-3H3. The first-order valence-corrected chi connectivity index (χ1v) is 7.22. The molecule has 2 unspecified atom stereocenters. The molecule has 0 bridgehead atoms. The van der Waals surface area contributed by atoms with E-state index in [1.165, 1.54) is 12.8 Å². The zero-order valence-electron chi connectivity index (χ0n) is 12.2. The lowest BCUT2D eigenvalue weighted by Crippen LogP contribution is -2.43. The smallest absolute Gasteiger partial charge is 0.0791 e. The van der Waals surface area contributed by atoms with Gasteiger partial charge in [-0.2, -0.15) is 0 Å². The Bertz CT molecular complexity index is 226. The van der Waals surface area contributed by atoms with Crippen molar-refractivity contribution in [2.75, 3.05) is 32.7 Å². The molecule has 1 rings (SSSR count). The highest BCUT2D eigenvalue weighted by Gasteiger charge is 2.22. The van der Waals surface area contributed by atoms with E-state index in [1.54, 1.807) is 0 Å². The molecule has 0 aromatic heterocycles. The van der Waals surface area contributed by atoms with Crippen LogP contribution < -0.4 is 5.32 Å². The molecule has 0 aromatic rings. The Morgan fingerprint density at radius 1 is 1.28 bits per heavy atom. The van der Waals surface area contributed by atoms with Gasteiger partial charge in [-0.05, 0) is 45.2 Å². The second-order valence-corrected chi connectivity index (χ2v) is 6.39. The number of rotatable bonds is 8. The number of hydrogen-bond donors (Lipinski definition) is 3. The van der Waals surface area contributed by atoms with Crippen LogP contribution in [0.3, 0.4) is 0 Å².